The molecule has 0 aliphatic heterocycles. The number of hydrogen-bond acceptors (Lipinski definition) is 1. The Morgan fingerprint density at radius 2 is 2.08 bits per heavy atom. The van der Waals surface area contributed by atoms with Gasteiger partial charge < -0.3 is 4.90 Å². The van der Waals surface area contributed by atoms with E-state index in [0.717, 1.165) is 4.47 Å². The standard InChI is InChI=1S/C9H9BrClNO/c1-12(2)9(13)7-4-3-6(11)5-8(7)10/h3-5H,1-2H3. The Balaban J connectivity index is 3.09. The molecule has 4 heteroatoms. The summed E-state index contributed by atoms with van der Waals surface area (Å²) in [6.07, 6.45) is 0. The fraction of sp³-hybridized carbons (Fsp3) is 0.222. The first kappa shape index (κ1) is 10.5. The lowest BCUT2D eigenvalue weighted by Crippen LogP contribution is -2.21. The van der Waals surface area contributed by atoms with Crippen molar-refractivity contribution >= 4 is 33.4 Å². The van der Waals surface area contributed by atoms with Crippen LogP contribution in [0.2, 0.25) is 5.02 Å². The Morgan fingerprint density at radius 1 is 1.46 bits per heavy atom. The van der Waals surface area contributed by atoms with Crippen LogP contribution in [0, 0.1) is 0 Å². The summed E-state index contributed by atoms with van der Waals surface area (Å²) in [5.41, 5.74) is 0.620. The molecule has 13 heavy (non-hydrogen) atoms. The van der Waals surface area contributed by atoms with Crippen molar-refractivity contribution in [2.45, 2.75) is 0 Å². The van der Waals surface area contributed by atoms with Crippen LogP contribution in [0.25, 0.3) is 0 Å². The van der Waals surface area contributed by atoms with Gasteiger partial charge in [0.25, 0.3) is 5.91 Å². The molecule has 0 aliphatic rings. The highest BCUT2D eigenvalue weighted by molar-refractivity contribution is 9.10. The van der Waals surface area contributed by atoms with Gasteiger partial charge in [0.1, 0.15) is 0 Å². The van der Waals surface area contributed by atoms with Gasteiger partial charge in [-0.05, 0) is 34.1 Å². The van der Waals surface area contributed by atoms with E-state index in [9.17, 15) is 4.79 Å². The zero-order valence-corrected chi connectivity index (χ0v) is 9.69. The van der Waals surface area contributed by atoms with Gasteiger partial charge in [-0.3, -0.25) is 4.79 Å². The van der Waals surface area contributed by atoms with E-state index >= 15 is 0 Å². The van der Waals surface area contributed by atoms with Gasteiger partial charge in [-0.15, -0.1) is 0 Å². The van der Waals surface area contributed by atoms with Gasteiger partial charge in [0.15, 0.2) is 0 Å². The Labute approximate surface area is 90.6 Å². The fourth-order valence-electron chi connectivity index (χ4n) is 0.904. The quantitative estimate of drug-likeness (QED) is 0.762. The fourth-order valence-corrected chi connectivity index (χ4v) is 1.76. The average Bonchev–Trinajstić information content (AvgIpc) is 2.03. The van der Waals surface area contributed by atoms with Gasteiger partial charge in [0.05, 0.1) is 5.56 Å². The van der Waals surface area contributed by atoms with Crippen molar-refractivity contribution in [1.29, 1.82) is 0 Å². The average molecular weight is 263 g/mol. The maximum absolute atomic E-state index is 11.5. The number of carbonyl (C=O) groups is 1. The third-order valence-electron chi connectivity index (χ3n) is 1.57. The topological polar surface area (TPSA) is 20.3 Å². The first-order valence-electron chi connectivity index (χ1n) is 3.69. The van der Waals surface area contributed by atoms with Crippen molar-refractivity contribution < 1.29 is 4.79 Å². The summed E-state index contributed by atoms with van der Waals surface area (Å²) in [6.45, 7) is 0. The van der Waals surface area contributed by atoms with Gasteiger partial charge in [0, 0.05) is 23.6 Å². The molecule has 0 bridgehead atoms. The predicted octanol–water partition coefficient (Wildman–Crippen LogP) is 2.80. The molecule has 1 aromatic rings. The van der Waals surface area contributed by atoms with Crippen molar-refractivity contribution in [2.75, 3.05) is 14.1 Å². The van der Waals surface area contributed by atoms with Crippen molar-refractivity contribution in [1.82, 2.24) is 4.90 Å². The maximum Gasteiger partial charge on any atom is 0.254 e. The zero-order valence-electron chi connectivity index (χ0n) is 7.34. The third-order valence-corrected chi connectivity index (χ3v) is 2.46. The molecule has 0 radical (unpaired) electrons. The van der Waals surface area contributed by atoms with E-state index in [0.29, 0.717) is 10.6 Å². The number of amides is 1. The molecular weight excluding hydrogens is 253 g/mol. The van der Waals surface area contributed by atoms with Crippen LogP contribution in [0.15, 0.2) is 22.7 Å². The van der Waals surface area contributed by atoms with E-state index in [4.69, 9.17) is 11.6 Å². The lowest BCUT2D eigenvalue weighted by molar-refractivity contribution is 0.0827. The maximum atomic E-state index is 11.5. The smallest absolute Gasteiger partial charge is 0.254 e. The normalized spacial score (nSPS) is 9.85. The Bertz CT molecular complexity index is 338. The van der Waals surface area contributed by atoms with Crippen molar-refractivity contribution in [3.05, 3.63) is 33.3 Å². The molecule has 0 aromatic heterocycles. The lowest BCUT2D eigenvalue weighted by atomic mass is 10.2. The van der Waals surface area contributed by atoms with E-state index in [1.165, 1.54) is 4.90 Å². The molecule has 0 saturated carbocycles. The number of hydrogen-bond donors (Lipinski definition) is 0. The summed E-state index contributed by atoms with van der Waals surface area (Å²) in [5.74, 6) is -0.0384. The van der Waals surface area contributed by atoms with Crippen LogP contribution in [-0.2, 0) is 0 Å². The first-order valence-corrected chi connectivity index (χ1v) is 4.86. The molecule has 0 heterocycles. The van der Waals surface area contributed by atoms with Crippen LogP contribution >= 0.6 is 27.5 Å². The second kappa shape index (κ2) is 4.11. The highest BCUT2D eigenvalue weighted by Crippen LogP contribution is 2.22. The summed E-state index contributed by atoms with van der Waals surface area (Å²) >= 11 is 9.03. The van der Waals surface area contributed by atoms with Crippen molar-refractivity contribution in [3.8, 4) is 0 Å². The largest absolute Gasteiger partial charge is 0.345 e. The molecule has 0 N–H and O–H groups in total. The lowest BCUT2D eigenvalue weighted by Gasteiger charge is -2.11. The molecule has 2 nitrogen and oxygen atoms in total. The van der Waals surface area contributed by atoms with Crippen molar-refractivity contribution in [3.63, 3.8) is 0 Å². The summed E-state index contributed by atoms with van der Waals surface area (Å²) in [7, 11) is 3.42. The molecule has 0 fully saturated rings. The van der Waals surface area contributed by atoms with Gasteiger partial charge in [0.2, 0.25) is 0 Å². The van der Waals surface area contributed by atoms with Crippen LogP contribution in [0.3, 0.4) is 0 Å². The first-order chi connectivity index (χ1) is 6.02. The Morgan fingerprint density at radius 3 is 2.54 bits per heavy atom. The highest BCUT2D eigenvalue weighted by atomic mass is 79.9. The van der Waals surface area contributed by atoms with Gasteiger partial charge in [-0.1, -0.05) is 11.6 Å². The number of halogens is 2. The van der Waals surface area contributed by atoms with E-state index in [2.05, 4.69) is 15.9 Å². The van der Waals surface area contributed by atoms with E-state index in [1.54, 1.807) is 32.3 Å². The molecular formula is C9H9BrClNO. The number of rotatable bonds is 1. The second-order valence-corrected chi connectivity index (χ2v) is 4.11. The zero-order chi connectivity index (χ0) is 10.0. The Kier molecular flexibility index (Phi) is 3.33. The number of carbonyl (C=O) groups excluding carboxylic acids is 1. The van der Waals surface area contributed by atoms with Crippen LogP contribution < -0.4 is 0 Å². The van der Waals surface area contributed by atoms with Crippen LogP contribution in [0.4, 0.5) is 0 Å². The molecule has 0 unspecified atom stereocenters. The molecule has 0 saturated heterocycles. The van der Waals surface area contributed by atoms with E-state index in [1.807, 2.05) is 0 Å². The third kappa shape index (κ3) is 2.45. The minimum Gasteiger partial charge on any atom is -0.345 e. The second-order valence-electron chi connectivity index (χ2n) is 2.82. The van der Waals surface area contributed by atoms with Gasteiger partial charge in [-0.25, -0.2) is 0 Å². The minimum atomic E-state index is -0.0384. The van der Waals surface area contributed by atoms with Crippen molar-refractivity contribution in [2.24, 2.45) is 0 Å². The van der Waals surface area contributed by atoms with E-state index < -0.39 is 0 Å². The highest BCUT2D eigenvalue weighted by Gasteiger charge is 2.11. The molecule has 0 aliphatic carbocycles. The van der Waals surface area contributed by atoms with Crippen LogP contribution in [0.5, 0.6) is 0 Å². The Hall–Kier alpha value is -0.540. The SMILES string of the molecule is CN(C)C(=O)c1ccc(Cl)cc1Br. The summed E-state index contributed by atoms with van der Waals surface area (Å²) in [4.78, 5) is 13.1. The minimum absolute atomic E-state index is 0.0384. The molecule has 1 rings (SSSR count). The van der Waals surface area contributed by atoms with Gasteiger partial charge in [-0.2, -0.15) is 0 Å². The summed E-state index contributed by atoms with van der Waals surface area (Å²) in [6, 6.07) is 5.11. The predicted molar refractivity (Wildman–Crippen MR) is 57.2 cm³/mol. The number of benzene rings is 1. The molecule has 70 valence electrons. The summed E-state index contributed by atoms with van der Waals surface area (Å²) in [5, 5.41) is 0.613. The molecule has 1 amide bonds. The summed E-state index contributed by atoms with van der Waals surface area (Å²) < 4.78 is 0.721. The number of nitrogens with zero attached hydrogens (tertiary/aromatic N) is 1. The van der Waals surface area contributed by atoms with Crippen LogP contribution in [0.1, 0.15) is 10.4 Å². The van der Waals surface area contributed by atoms with E-state index in [-0.39, 0.29) is 5.91 Å². The molecule has 0 atom stereocenters. The van der Waals surface area contributed by atoms with Gasteiger partial charge >= 0.3 is 0 Å². The molecule has 0 spiro atoms. The monoisotopic (exact) mass is 261 g/mol. The molecule has 1 aromatic carbocycles. The van der Waals surface area contributed by atoms with Crippen LogP contribution in [-0.4, -0.2) is 24.9 Å².